The van der Waals surface area contributed by atoms with Crippen molar-refractivity contribution in [2.24, 2.45) is 5.92 Å². The Hall–Kier alpha value is -2.11. The van der Waals surface area contributed by atoms with Crippen molar-refractivity contribution in [2.45, 2.75) is 45.1 Å². The molecule has 2 unspecified atom stereocenters. The third kappa shape index (κ3) is 3.93. The maximum absolute atomic E-state index is 11.4. The summed E-state index contributed by atoms with van der Waals surface area (Å²) in [4.78, 5) is 21.9. The highest BCUT2D eigenvalue weighted by Gasteiger charge is 2.29. The first-order valence-electron chi connectivity index (χ1n) is 7.23. The summed E-state index contributed by atoms with van der Waals surface area (Å²) in [6, 6.07) is 4.62. The lowest BCUT2D eigenvalue weighted by Crippen LogP contribution is -2.33. The lowest BCUT2D eigenvalue weighted by Gasteiger charge is -2.24. The van der Waals surface area contributed by atoms with Crippen LogP contribution in [-0.2, 0) is 4.79 Å². The van der Waals surface area contributed by atoms with E-state index in [1.165, 1.54) is 12.1 Å². The fourth-order valence-corrected chi connectivity index (χ4v) is 2.94. The van der Waals surface area contributed by atoms with Gasteiger partial charge in [0.15, 0.2) is 0 Å². The average Bonchev–Trinajstić information content (AvgIpc) is 2.63. The van der Waals surface area contributed by atoms with Crippen molar-refractivity contribution < 1.29 is 14.8 Å². The van der Waals surface area contributed by atoms with E-state index in [0.717, 1.165) is 31.2 Å². The number of rotatable bonds is 4. The molecule has 0 amide bonds. The van der Waals surface area contributed by atoms with E-state index in [1.807, 2.05) is 6.07 Å². The number of nitro benzene ring substituents is 1. The molecule has 1 aliphatic carbocycles. The van der Waals surface area contributed by atoms with E-state index in [0.29, 0.717) is 12.1 Å². The van der Waals surface area contributed by atoms with Crippen LogP contribution in [0.5, 0.6) is 0 Å². The van der Waals surface area contributed by atoms with E-state index in [2.05, 4.69) is 5.32 Å². The number of carboxylic acids is 1. The first-order chi connectivity index (χ1) is 9.97. The van der Waals surface area contributed by atoms with Crippen LogP contribution in [-0.4, -0.2) is 22.0 Å². The molecule has 114 valence electrons. The average molecular weight is 292 g/mol. The zero-order chi connectivity index (χ0) is 15.4. The van der Waals surface area contributed by atoms with Gasteiger partial charge in [-0.05, 0) is 31.4 Å². The van der Waals surface area contributed by atoms with Gasteiger partial charge in [-0.1, -0.05) is 19.3 Å². The highest BCUT2D eigenvalue weighted by Crippen LogP contribution is 2.28. The first kappa shape index (κ1) is 15.3. The minimum atomic E-state index is -0.795. The molecule has 1 aromatic rings. The van der Waals surface area contributed by atoms with Gasteiger partial charge in [-0.2, -0.15) is 0 Å². The van der Waals surface area contributed by atoms with Crippen LogP contribution in [0, 0.1) is 23.0 Å². The summed E-state index contributed by atoms with van der Waals surface area (Å²) in [7, 11) is 0. The molecule has 2 rings (SSSR count). The molecule has 2 N–H and O–H groups in total. The number of aliphatic carboxylic acids is 1. The Morgan fingerprint density at radius 2 is 2.00 bits per heavy atom. The number of non-ortho nitro benzene ring substituents is 1. The van der Waals surface area contributed by atoms with Gasteiger partial charge < -0.3 is 10.4 Å². The minimum absolute atomic E-state index is 0.0259. The smallest absolute Gasteiger partial charge is 0.308 e. The molecule has 1 saturated carbocycles. The van der Waals surface area contributed by atoms with Crippen LogP contribution >= 0.6 is 0 Å². The molecule has 6 nitrogen and oxygen atoms in total. The molecule has 21 heavy (non-hydrogen) atoms. The lowest BCUT2D eigenvalue weighted by molar-refractivity contribution is -0.384. The van der Waals surface area contributed by atoms with E-state index in [9.17, 15) is 20.0 Å². The van der Waals surface area contributed by atoms with Crippen LogP contribution in [0.4, 0.5) is 11.4 Å². The number of nitrogens with zero attached hydrogens (tertiary/aromatic N) is 1. The van der Waals surface area contributed by atoms with Crippen LogP contribution in [0.1, 0.15) is 37.7 Å². The molecule has 0 saturated heterocycles. The van der Waals surface area contributed by atoms with Crippen molar-refractivity contribution in [3.63, 3.8) is 0 Å². The summed E-state index contributed by atoms with van der Waals surface area (Å²) in [6.45, 7) is 1.79. The Morgan fingerprint density at radius 1 is 1.29 bits per heavy atom. The third-order valence-corrected chi connectivity index (χ3v) is 3.96. The van der Waals surface area contributed by atoms with E-state index >= 15 is 0 Å². The van der Waals surface area contributed by atoms with E-state index < -0.39 is 16.8 Å². The van der Waals surface area contributed by atoms with Crippen molar-refractivity contribution in [2.75, 3.05) is 5.32 Å². The number of carbonyl (C=O) groups is 1. The van der Waals surface area contributed by atoms with Crippen LogP contribution in [0.3, 0.4) is 0 Å². The number of nitrogens with one attached hydrogen (secondary N) is 1. The van der Waals surface area contributed by atoms with Crippen molar-refractivity contribution in [1.29, 1.82) is 0 Å². The van der Waals surface area contributed by atoms with Gasteiger partial charge in [0.2, 0.25) is 0 Å². The standard InChI is InChI=1S/C15H20N2O4/c1-10-7-11(9-12(8-10)17(20)21)16-14-6-4-2-3-5-13(14)15(18)19/h7-9,13-14,16H,2-6H2,1H3,(H,18,19). The maximum Gasteiger partial charge on any atom is 0.308 e. The molecule has 0 radical (unpaired) electrons. The van der Waals surface area contributed by atoms with Gasteiger partial charge in [-0.25, -0.2) is 0 Å². The summed E-state index contributed by atoms with van der Waals surface area (Å²) in [5.41, 5.74) is 1.44. The van der Waals surface area contributed by atoms with Crippen molar-refractivity contribution >= 4 is 17.3 Å². The van der Waals surface area contributed by atoms with E-state index in [-0.39, 0.29) is 11.7 Å². The predicted octanol–water partition coefficient (Wildman–Crippen LogP) is 3.35. The summed E-state index contributed by atoms with van der Waals surface area (Å²) in [6.07, 6.45) is 4.37. The summed E-state index contributed by atoms with van der Waals surface area (Å²) in [5, 5.41) is 23.5. The van der Waals surface area contributed by atoms with Gasteiger partial charge in [0.05, 0.1) is 10.8 Å². The minimum Gasteiger partial charge on any atom is -0.481 e. The number of aryl methyl sites for hydroxylation is 1. The molecule has 1 fully saturated rings. The SMILES string of the molecule is Cc1cc(NC2CCCCCC2C(=O)O)cc([N+](=O)[O-])c1. The normalized spacial score (nSPS) is 22.3. The van der Waals surface area contributed by atoms with Crippen LogP contribution < -0.4 is 5.32 Å². The second-order valence-electron chi connectivity index (χ2n) is 5.65. The molecular weight excluding hydrogens is 272 g/mol. The molecule has 0 aliphatic heterocycles. The highest BCUT2D eigenvalue weighted by atomic mass is 16.6. The molecule has 0 aromatic heterocycles. The Kier molecular flexibility index (Phi) is 4.77. The number of carboxylic acid groups (broad SMARTS) is 1. The summed E-state index contributed by atoms with van der Waals surface area (Å²) in [5.74, 6) is -1.23. The molecule has 1 aromatic carbocycles. The summed E-state index contributed by atoms with van der Waals surface area (Å²) < 4.78 is 0. The van der Waals surface area contributed by atoms with E-state index in [1.54, 1.807) is 6.92 Å². The summed E-state index contributed by atoms with van der Waals surface area (Å²) >= 11 is 0. The van der Waals surface area contributed by atoms with Gasteiger partial charge in [0, 0.05) is 23.9 Å². The molecule has 0 spiro atoms. The predicted molar refractivity (Wildman–Crippen MR) is 79.5 cm³/mol. The fourth-order valence-electron chi connectivity index (χ4n) is 2.94. The van der Waals surface area contributed by atoms with Gasteiger partial charge in [-0.3, -0.25) is 14.9 Å². The van der Waals surface area contributed by atoms with Crippen molar-refractivity contribution in [3.05, 3.63) is 33.9 Å². The fraction of sp³-hybridized carbons (Fsp3) is 0.533. The molecule has 1 aliphatic rings. The van der Waals surface area contributed by atoms with Gasteiger partial charge in [0.1, 0.15) is 0 Å². The monoisotopic (exact) mass is 292 g/mol. The largest absolute Gasteiger partial charge is 0.481 e. The lowest BCUT2D eigenvalue weighted by atomic mass is 9.94. The molecule has 0 bridgehead atoms. The first-order valence-corrected chi connectivity index (χ1v) is 7.23. The Balaban J connectivity index is 2.22. The Bertz CT molecular complexity index is 544. The Labute approximate surface area is 123 Å². The van der Waals surface area contributed by atoms with Crippen molar-refractivity contribution in [3.8, 4) is 0 Å². The topological polar surface area (TPSA) is 92.5 Å². The quantitative estimate of drug-likeness (QED) is 0.504. The highest BCUT2D eigenvalue weighted by molar-refractivity contribution is 5.72. The molecule has 6 heteroatoms. The number of hydrogen-bond donors (Lipinski definition) is 2. The molecule has 2 atom stereocenters. The zero-order valence-electron chi connectivity index (χ0n) is 12.0. The van der Waals surface area contributed by atoms with Crippen LogP contribution in [0.15, 0.2) is 18.2 Å². The third-order valence-electron chi connectivity index (χ3n) is 3.96. The second-order valence-corrected chi connectivity index (χ2v) is 5.65. The van der Waals surface area contributed by atoms with Gasteiger partial charge in [0.25, 0.3) is 5.69 Å². The van der Waals surface area contributed by atoms with Crippen LogP contribution in [0.2, 0.25) is 0 Å². The second kappa shape index (κ2) is 6.56. The maximum atomic E-state index is 11.4. The van der Waals surface area contributed by atoms with Gasteiger partial charge in [-0.15, -0.1) is 0 Å². The number of nitro groups is 1. The van der Waals surface area contributed by atoms with Crippen LogP contribution in [0.25, 0.3) is 0 Å². The van der Waals surface area contributed by atoms with Crippen molar-refractivity contribution in [1.82, 2.24) is 0 Å². The number of anilines is 1. The van der Waals surface area contributed by atoms with E-state index in [4.69, 9.17) is 0 Å². The number of hydrogen-bond acceptors (Lipinski definition) is 4. The molecular formula is C15H20N2O4. The zero-order valence-corrected chi connectivity index (χ0v) is 12.0. The molecule has 0 heterocycles. The number of benzene rings is 1. The Morgan fingerprint density at radius 3 is 2.67 bits per heavy atom. The van der Waals surface area contributed by atoms with Gasteiger partial charge >= 0.3 is 5.97 Å².